The van der Waals surface area contributed by atoms with E-state index in [0.717, 1.165) is 12.8 Å². The second kappa shape index (κ2) is 4.77. The molecule has 6 heteroatoms. The van der Waals surface area contributed by atoms with E-state index < -0.39 is 0 Å². The molecule has 0 N–H and O–H groups in total. The smallest absolute Gasteiger partial charge is 0.257 e. The molecule has 1 aromatic rings. The predicted octanol–water partition coefficient (Wildman–Crippen LogP) is 2.10. The van der Waals surface area contributed by atoms with Gasteiger partial charge in [-0.1, -0.05) is 6.07 Å². The molecule has 1 saturated heterocycles. The van der Waals surface area contributed by atoms with Gasteiger partial charge in [0.05, 0.1) is 19.8 Å². The summed E-state index contributed by atoms with van der Waals surface area (Å²) in [4.78, 5) is 14.4. The van der Waals surface area contributed by atoms with Gasteiger partial charge in [0.15, 0.2) is 17.2 Å². The monoisotopic (exact) mass is 275 g/mol. The lowest BCUT2D eigenvalue weighted by atomic mass is 10.0. The molecule has 0 atom stereocenters. The van der Waals surface area contributed by atoms with E-state index in [1.165, 1.54) is 0 Å². The van der Waals surface area contributed by atoms with E-state index in [1.54, 1.807) is 32.4 Å². The van der Waals surface area contributed by atoms with Crippen molar-refractivity contribution in [3.8, 4) is 11.5 Å². The van der Waals surface area contributed by atoms with Crippen LogP contribution in [0.5, 0.6) is 11.5 Å². The summed E-state index contributed by atoms with van der Waals surface area (Å²) in [6.07, 6.45) is 1.62. The van der Waals surface area contributed by atoms with Crippen LogP contribution in [0.15, 0.2) is 28.4 Å². The van der Waals surface area contributed by atoms with Crippen LogP contribution in [0, 0.1) is 0 Å². The largest absolute Gasteiger partial charge is 0.493 e. The number of carbonyl (C=O) groups is 1. The number of ether oxygens (including phenoxy) is 2. The summed E-state index contributed by atoms with van der Waals surface area (Å²) in [6, 6.07) is 5.34. The van der Waals surface area contributed by atoms with Crippen LogP contribution in [-0.2, 0) is 0 Å². The highest BCUT2D eigenvalue weighted by Crippen LogP contribution is 2.39. The zero-order valence-electron chi connectivity index (χ0n) is 11.6. The summed E-state index contributed by atoms with van der Waals surface area (Å²) in [6.45, 7) is 1.35. The minimum absolute atomic E-state index is 0.0312. The maximum Gasteiger partial charge on any atom is 0.257 e. The van der Waals surface area contributed by atoms with Crippen molar-refractivity contribution in [3.63, 3.8) is 0 Å². The van der Waals surface area contributed by atoms with E-state index in [4.69, 9.17) is 9.47 Å². The summed E-state index contributed by atoms with van der Waals surface area (Å²) in [5.74, 6) is 1.02. The Morgan fingerprint density at radius 3 is 2.45 bits per heavy atom. The van der Waals surface area contributed by atoms with Gasteiger partial charge in [0, 0.05) is 25.9 Å². The van der Waals surface area contributed by atoms with Gasteiger partial charge in [0.2, 0.25) is 0 Å². The van der Waals surface area contributed by atoms with E-state index in [-0.39, 0.29) is 11.6 Å². The number of piperidine rings is 1. The van der Waals surface area contributed by atoms with E-state index >= 15 is 0 Å². The van der Waals surface area contributed by atoms with Crippen molar-refractivity contribution in [2.75, 3.05) is 27.3 Å². The SMILES string of the molecule is COc1cccc(C(=O)N2CCC3(CC2)N=N3)c1OC. The third-order valence-corrected chi connectivity index (χ3v) is 3.87. The predicted molar refractivity (Wildman–Crippen MR) is 72.3 cm³/mol. The molecule has 1 amide bonds. The van der Waals surface area contributed by atoms with E-state index in [1.807, 2.05) is 4.90 Å². The first-order chi connectivity index (χ1) is 9.69. The molecule has 3 rings (SSSR count). The Bertz CT molecular complexity index is 555. The van der Waals surface area contributed by atoms with Crippen LogP contribution in [0.1, 0.15) is 23.2 Å². The first-order valence-corrected chi connectivity index (χ1v) is 6.63. The summed E-state index contributed by atoms with van der Waals surface area (Å²) in [5, 5.41) is 8.13. The highest BCUT2D eigenvalue weighted by atomic mass is 16.5. The van der Waals surface area contributed by atoms with Crippen LogP contribution in [0.25, 0.3) is 0 Å². The third kappa shape index (κ3) is 2.11. The fourth-order valence-electron chi connectivity index (χ4n) is 2.56. The lowest BCUT2D eigenvalue weighted by molar-refractivity contribution is 0.0698. The highest BCUT2D eigenvalue weighted by molar-refractivity contribution is 5.97. The number of methoxy groups -OCH3 is 2. The van der Waals surface area contributed by atoms with Gasteiger partial charge in [-0.3, -0.25) is 4.79 Å². The molecule has 1 spiro atoms. The molecule has 0 unspecified atom stereocenters. The standard InChI is InChI=1S/C14H17N3O3/c1-19-11-5-3-4-10(12(11)20-2)13(18)17-8-6-14(7-9-17)15-16-14/h3-5H,6-9H2,1-2H3. The summed E-state index contributed by atoms with van der Waals surface area (Å²) in [5.41, 5.74) is 0.363. The summed E-state index contributed by atoms with van der Waals surface area (Å²) in [7, 11) is 3.11. The molecule has 6 nitrogen and oxygen atoms in total. The van der Waals surface area contributed by atoms with Gasteiger partial charge in [-0.25, -0.2) is 0 Å². The molecule has 0 saturated carbocycles. The van der Waals surface area contributed by atoms with Crippen LogP contribution in [0.4, 0.5) is 0 Å². The second-order valence-electron chi connectivity index (χ2n) is 5.02. The molecular formula is C14H17N3O3. The molecule has 0 bridgehead atoms. The van der Waals surface area contributed by atoms with Crippen LogP contribution >= 0.6 is 0 Å². The maximum atomic E-state index is 12.6. The quantitative estimate of drug-likeness (QED) is 0.848. The molecule has 1 fully saturated rings. The Kier molecular flexibility index (Phi) is 3.08. The van der Waals surface area contributed by atoms with Gasteiger partial charge in [0.1, 0.15) is 0 Å². The number of likely N-dealkylation sites (tertiary alicyclic amines) is 1. The molecule has 2 aliphatic rings. The molecular weight excluding hydrogens is 258 g/mol. The number of hydrogen-bond donors (Lipinski definition) is 0. The molecule has 2 heterocycles. The lowest BCUT2D eigenvalue weighted by Crippen LogP contribution is -2.41. The van der Waals surface area contributed by atoms with Gasteiger partial charge >= 0.3 is 0 Å². The number of para-hydroxylation sites is 1. The Morgan fingerprint density at radius 2 is 1.90 bits per heavy atom. The number of hydrogen-bond acceptors (Lipinski definition) is 5. The van der Waals surface area contributed by atoms with Gasteiger partial charge in [-0.2, -0.15) is 10.2 Å². The third-order valence-electron chi connectivity index (χ3n) is 3.87. The van der Waals surface area contributed by atoms with Crippen molar-refractivity contribution in [3.05, 3.63) is 23.8 Å². The highest BCUT2D eigenvalue weighted by Gasteiger charge is 2.44. The van der Waals surface area contributed by atoms with Crippen LogP contribution < -0.4 is 9.47 Å². The number of nitrogens with zero attached hydrogens (tertiary/aromatic N) is 3. The zero-order chi connectivity index (χ0) is 14.2. The molecule has 106 valence electrons. The lowest BCUT2D eigenvalue weighted by Gasteiger charge is -2.30. The Labute approximate surface area is 117 Å². The van der Waals surface area contributed by atoms with Crippen molar-refractivity contribution >= 4 is 5.91 Å². The van der Waals surface area contributed by atoms with Gasteiger partial charge in [-0.15, -0.1) is 0 Å². The normalized spacial score (nSPS) is 19.0. The Morgan fingerprint density at radius 1 is 1.20 bits per heavy atom. The average Bonchev–Trinajstić information content (AvgIpc) is 3.25. The van der Waals surface area contributed by atoms with Crippen molar-refractivity contribution in [2.45, 2.75) is 18.5 Å². The van der Waals surface area contributed by atoms with Gasteiger partial charge < -0.3 is 14.4 Å². The minimum atomic E-state index is -0.171. The van der Waals surface area contributed by atoms with Crippen molar-refractivity contribution in [1.29, 1.82) is 0 Å². The fraction of sp³-hybridized carbons (Fsp3) is 0.500. The Hall–Kier alpha value is -2.11. The Balaban J connectivity index is 1.80. The van der Waals surface area contributed by atoms with E-state index in [9.17, 15) is 4.79 Å². The maximum absolute atomic E-state index is 12.6. The van der Waals surface area contributed by atoms with Gasteiger partial charge in [-0.05, 0) is 12.1 Å². The van der Waals surface area contributed by atoms with E-state index in [2.05, 4.69) is 10.2 Å². The zero-order valence-corrected chi connectivity index (χ0v) is 11.6. The first-order valence-electron chi connectivity index (χ1n) is 6.63. The second-order valence-corrected chi connectivity index (χ2v) is 5.02. The molecule has 20 heavy (non-hydrogen) atoms. The summed E-state index contributed by atoms with van der Waals surface area (Å²) >= 11 is 0. The van der Waals surface area contributed by atoms with Crippen molar-refractivity contribution in [1.82, 2.24) is 4.90 Å². The van der Waals surface area contributed by atoms with Gasteiger partial charge in [0.25, 0.3) is 5.91 Å². The molecule has 0 aliphatic carbocycles. The molecule has 0 aromatic heterocycles. The summed E-state index contributed by atoms with van der Waals surface area (Å²) < 4.78 is 10.6. The fourth-order valence-corrected chi connectivity index (χ4v) is 2.56. The van der Waals surface area contributed by atoms with Crippen LogP contribution in [0.3, 0.4) is 0 Å². The average molecular weight is 275 g/mol. The molecule has 1 aromatic carbocycles. The van der Waals surface area contributed by atoms with E-state index in [0.29, 0.717) is 30.2 Å². The molecule has 2 aliphatic heterocycles. The van der Waals surface area contributed by atoms with Crippen molar-refractivity contribution < 1.29 is 14.3 Å². The van der Waals surface area contributed by atoms with Crippen LogP contribution in [-0.4, -0.2) is 43.8 Å². The van der Waals surface area contributed by atoms with Crippen molar-refractivity contribution in [2.24, 2.45) is 10.2 Å². The number of benzene rings is 1. The number of rotatable bonds is 3. The minimum Gasteiger partial charge on any atom is -0.493 e. The topological polar surface area (TPSA) is 63.5 Å². The number of amides is 1. The first kappa shape index (κ1) is 12.9. The van der Waals surface area contributed by atoms with Crippen LogP contribution in [0.2, 0.25) is 0 Å². The number of carbonyl (C=O) groups excluding carboxylic acids is 1. The molecule has 0 radical (unpaired) electrons.